The first-order valence-electron chi connectivity index (χ1n) is 7.99. The van der Waals surface area contributed by atoms with Gasteiger partial charge in [0.1, 0.15) is 17.2 Å². The highest BCUT2D eigenvalue weighted by Crippen LogP contribution is 2.24. The Bertz CT molecular complexity index is 717. The maximum absolute atomic E-state index is 5.42. The van der Waals surface area contributed by atoms with Crippen molar-refractivity contribution in [3.8, 4) is 17.2 Å². The largest absolute Gasteiger partial charge is 0.497 e. The third-order valence-electron chi connectivity index (χ3n) is 3.80. The van der Waals surface area contributed by atoms with Gasteiger partial charge >= 0.3 is 0 Å². The topological polar surface area (TPSA) is 64.1 Å². The van der Waals surface area contributed by atoms with Gasteiger partial charge in [-0.3, -0.25) is 4.99 Å². The Balaban J connectivity index is 1.97. The molecular formula is C19H25N3O3. The van der Waals surface area contributed by atoms with E-state index in [2.05, 4.69) is 15.6 Å². The molecule has 0 aliphatic carbocycles. The van der Waals surface area contributed by atoms with E-state index in [1.165, 1.54) is 0 Å². The van der Waals surface area contributed by atoms with E-state index in [1.54, 1.807) is 28.4 Å². The van der Waals surface area contributed by atoms with Crippen molar-refractivity contribution in [1.29, 1.82) is 0 Å². The molecule has 6 heteroatoms. The lowest BCUT2D eigenvalue weighted by Crippen LogP contribution is -2.36. The zero-order valence-electron chi connectivity index (χ0n) is 15.1. The normalized spacial score (nSPS) is 11.0. The summed E-state index contributed by atoms with van der Waals surface area (Å²) in [6.07, 6.45) is 0. The number of aliphatic imine (C=N–C) groups is 1. The summed E-state index contributed by atoms with van der Waals surface area (Å²) in [7, 11) is 6.69. The van der Waals surface area contributed by atoms with Crippen molar-refractivity contribution < 1.29 is 14.2 Å². The van der Waals surface area contributed by atoms with Gasteiger partial charge in [-0.25, -0.2) is 0 Å². The van der Waals surface area contributed by atoms with Crippen LogP contribution in [0.4, 0.5) is 0 Å². The maximum Gasteiger partial charge on any atom is 0.191 e. The van der Waals surface area contributed by atoms with Gasteiger partial charge in [0.25, 0.3) is 0 Å². The van der Waals surface area contributed by atoms with Crippen LogP contribution in [0.1, 0.15) is 11.1 Å². The zero-order chi connectivity index (χ0) is 18.1. The molecule has 0 amide bonds. The summed E-state index contributed by atoms with van der Waals surface area (Å²) in [5, 5.41) is 6.57. The summed E-state index contributed by atoms with van der Waals surface area (Å²) in [5.74, 6) is 3.08. The maximum atomic E-state index is 5.42. The van der Waals surface area contributed by atoms with Crippen molar-refractivity contribution in [2.75, 3.05) is 28.4 Å². The number of guanidine groups is 1. The predicted octanol–water partition coefficient (Wildman–Crippen LogP) is 2.58. The van der Waals surface area contributed by atoms with Gasteiger partial charge in [0, 0.05) is 37.3 Å². The first kappa shape index (κ1) is 18.4. The number of rotatable bonds is 7. The van der Waals surface area contributed by atoms with Crippen LogP contribution in [-0.2, 0) is 13.1 Å². The monoisotopic (exact) mass is 343 g/mol. The molecule has 0 bridgehead atoms. The van der Waals surface area contributed by atoms with Crippen molar-refractivity contribution in [2.45, 2.75) is 13.1 Å². The van der Waals surface area contributed by atoms with E-state index in [0.29, 0.717) is 19.0 Å². The van der Waals surface area contributed by atoms with Gasteiger partial charge in [0.2, 0.25) is 0 Å². The SMILES string of the molecule is CN=C(NCc1ccccc1OC)NCc1ccc(OC)cc1OC. The number of ether oxygens (including phenoxy) is 3. The second-order valence-corrected chi connectivity index (χ2v) is 5.27. The van der Waals surface area contributed by atoms with Gasteiger partial charge in [-0.2, -0.15) is 0 Å². The Morgan fingerprint density at radius 2 is 1.48 bits per heavy atom. The molecule has 0 spiro atoms. The number of benzene rings is 2. The number of nitrogens with zero attached hydrogens (tertiary/aromatic N) is 1. The van der Waals surface area contributed by atoms with Crippen molar-refractivity contribution in [3.63, 3.8) is 0 Å². The van der Waals surface area contributed by atoms with Crippen LogP contribution >= 0.6 is 0 Å². The van der Waals surface area contributed by atoms with Gasteiger partial charge in [-0.15, -0.1) is 0 Å². The van der Waals surface area contributed by atoms with E-state index in [4.69, 9.17) is 14.2 Å². The molecule has 134 valence electrons. The average molecular weight is 343 g/mol. The highest BCUT2D eigenvalue weighted by molar-refractivity contribution is 5.79. The third-order valence-corrected chi connectivity index (χ3v) is 3.80. The molecule has 0 aliphatic rings. The van der Waals surface area contributed by atoms with Crippen molar-refractivity contribution in [1.82, 2.24) is 10.6 Å². The van der Waals surface area contributed by atoms with Crippen molar-refractivity contribution in [2.24, 2.45) is 4.99 Å². The van der Waals surface area contributed by atoms with Gasteiger partial charge in [-0.05, 0) is 18.2 Å². The Hall–Kier alpha value is -2.89. The lowest BCUT2D eigenvalue weighted by molar-refractivity contribution is 0.390. The smallest absolute Gasteiger partial charge is 0.191 e. The molecule has 2 aromatic rings. The standard InChI is InChI=1S/C19H25N3O3/c1-20-19(21-12-14-7-5-6-8-17(14)24-3)22-13-15-9-10-16(23-2)11-18(15)25-4/h5-11H,12-13H2,1-4H3,(H2,20,21,22). The van der Waals surface area contributed by atoms with E-state index >= 15 is 0 Å². The summed E-state index contributed by atoms with van der Waals surface area (Å²) >= 11 is 0. The van der Waals surface area contributed by atoms with Crippen LogP contribution in [-0.4, -0.2) is 34.3 Å². The molecule has 6 nitrogen and oxygen atoms in total. The molecule has 2 N–H and O–H groups in total. The van der Waals surface area contributed by atoms with Crippen LogP contribution in [0.25, 0.3) is 0 Å². The number of nitrogens with one attached hydrogen (secondary N) is 2. The summed E-state index contributed by atoms with van der Waals surface area (Å²) < 4.78 is 16.0. The molecule has 0 heterocycles. The number of hydrogen-bond donors (Lipinski definition) is 2. The van der Waals surface area contributed by atoms with Crippen molar-refractivity contribution >= 4 is 5.96 Å². The molecule has 0 atom stereocenters. The zero-order valence-corrected chi connectivity index (χ0v) is 15.1. The molecule has 2 aromatic carbocycles. The fourth-order valence-electron chi connectivity index (χ4n) is 2.43. The molecule has 0 aromatic heterocycles. The molecular weight excluding hydrogens is 318 g/mol. The predicted molar refractivity (Wildman–Crippen MR) is 99.6 cm³/mol. The molecule has 25 heavy (non-hydrogen) atoms. The van der Waals surface area contributed by atoms with E-state index in [1.807, 2.05) is 42.5 Å². The Morgan fingerprint density at radius 3 is 2.08 bits per heavy atom. The summed E-state index contributed by atoms with van der Waals surface area (Å²) in [5.41, 5.74) is 2.08. The van der Waals surface area contributed by atoms with Crippen LogP contribution in [0.3, 0.4) is 0 Å². The molecule has 0 unspecified atom stereocenters. The van der Waals surface area contributed by atoms with E-state index < -0.39 is 0 Å². The molecule has 0 saturated heterocycles. The molecule has 0 fully saturated rings. The lowest BCUT2D eigenvalue weighted by Gasteiger charge is -2.15. The fourth-order valence-corrected chi connectivity index (χ4v) is 2.43. The van der Waals surface area contributed by atoms with Crippen molar-refractivity contribution in [3.05, 3.63) is 53.6 Å². The Kier molecular flexibility index (Phi) is 6.95. The van der Waals surface area contributed by atoms with E-state index in [-0.39, 0.29) is 0 Å². The minimum atomic E-state index is 0.582. The molecule has 0 saturated carbocycles. The van der Waals surface area contributed by atoms with Gasteiger partial charge in [-0.1, -0.05) is 18.2 Å². The van der Waals surface area contributed by atoms with Crippen LogP contribution < -0.4 is 24.8 Å². The second-order valence-electron chi connectivity index (χ2n) is 5.27. The fraction of sp³-hybridized carbons (Fsp3) is 0.316. The first-order chi connectivity index (χ1) is 12.2. The second kappa shape index (κ2) is 9.42. The lowest BCUT2D eigenvalue weighted by atomic mass is 10.2. The Labute approximate surface area is 148 Å². The van der Waals surface area contributed by atoms with Crippen LogP contribution in [0, 0.1) is 0 Å². The first-order valence-corrected chi connectivity index (χ1v) is 7.99. The van der Waals surface area contributed by atoms with Gasteiger partial charge in [0.05, 0.1) is 21.3 Å². The quantitative estimate of drug-likeness (QED) is 0.598. The summed E-state index contributed by atoms with van der Waals surface area (Å²) in [6, 6.07) is 13.6. The number of hydrogen-bond acceptors (Lipinski definition) is 4. The highest BCUT2D eigenvalue weighted by Gasteiger charge is 2.07. The minimum absolute atomic E-state index is 0.582. The number of methoxy groups -OCH3 is 3. The third kappa shape index (κ3) is 5.04. The Morgan fingerprint density at radius 1 is 0.840 bits per heavy atom. The minimum Gasteiger partial charge on any atom is -0.497 e. The van der Waals surface area contributed by atoms with Gasteiger partial charge in [0.15, 0.2) is 5.96 Å². The molecule has 2 rings (SSSR count). The molecule has 0 aliphatic heterocycles. The van der Waals surface area contributed by atoms with E-state index in [9.17, 15) is 0 Å². The summed E-state index contributed by atoms with van der Waals surface area (Å²) in [4.78, 5) is 4.25. The number of para-hydroxylation sites is 1. The van der Waals surface area contributed by atoms with Crippen LogP contribution in [0.5, 0.6) is 17.2 Å². The molecule has 0 radical (unpaired) electrons. The van der Waals surface area contributed by atoms with Crippen LogP contribution in [0.15, 0.2) is 47.5 Å². The summed E-state index contributed by atoms with van der Waals surface area (Å²) in [6.45, 7) is 1.20. The van der Waals surface area contributed by atoms with Gasteiger partial charge < -0.3 is 24.8 Å². The highest BCUT2D eigenvalue weighted by atomic mass is 16.5. The van der Waals surface area contributed by atoms with Crippen LogP contribution in [0.2, 0.25) is 0 Å². The van der Waals surface area contributed by atoms with E-state index in [0.717, 1.165) is 28.4 Å². The average Bonchev–Trinajstić information content (AvgIpc) is 2.68.